The van der Waals surface area contributed by atoms with Gasteiger partial charge in [-0.1, -0.05) is 19.9 Å². The molecule has 0 bridgehead atoms. The highest BCUT2D eigenvalue weighted by molar-refractivity contribution is 5.73. The molecule has 0 aliphatic rings. The van der Waals surface area contributed by atoms with Crippen LogP contribution >= 0.6 is 0 Å². The van der Waals surface area contributed by atoms with Crippen LogP contribution in [-0.4, -0.2) is 27.3 Å². The summed E-state index contributed by atoms with van der Waals surface area (Å²) in [5, 5.41) is 28.3. The van der Waals surface area contributed by atoms with Crippen molar-refractivity contribution in [1.29, 1.82) is 0 Å². The van der Waals surface area contributed by atoms with E-state index in [0.29, 0.717) is 5.56 Å². The lowest BCUT2D eigenvalue weighted by atomic mass is 9.84. The summed E-state index contributed by atoms with van der Waals surface area (Å²) in [4.78, 5) is 10.7. The lowest BCUT2D eigenvalue weighted by molar-refractivity contribution is -0.138. The number of benzene rings is 1. The molecule has 100 valence electrons. The van der Waals surface area contributed by atoms with Crippen molar-refractivity contribution < 1.29 is 20.1 Å². The minimum absolute atomic E-state index is 0.0123. The Morgan fingerprint density at radius 1 is 1.28 bits per heavy atom. The third kappa shape index (κ3) is 3.13. The maximum Gasteiger partial charge on any atom is 0.320 e. The van der Waals surface area contributed by atoms with Gasteiger partial charge in [0, 0.05) is 5.56 Å². The van der Waals surface area contributed by atoms with Gasteiger partial charge in [0.25, 0.3) is 0 Å². The van der Waals surface area contributed by atoms with E-state index in [9.17, 15) is 15.0 Å². The molecule has 1 aromatic rings. The van der Waals surface area contributed by atoms with Crippen LogP contribution in [0.5, 0.6) is 11.5 Å². The SMILES string of the molecule is CC(CC(N)C(=O)O)C(C)c1c(O)cccc1O. The van der Waals surface area contributed by atoms with Gasteiger partial charge in [0.15, 0.2) is 0 Å². The molecule has 5 heteroatoms. The number of nitrogens with two attached hydrogens (primary N) is 1. The molecule has 0 heterocycles. The third-order valence-corrected chi connectivity index (χ3v) is 3.31. The summed E-state index contributed by atoms with van der Waals surface area (Å²) in [6.07, 6.45) is 0.282. The zero-order valence-corrected chi connectivity index (χ0v) is 10.5. The molecule has 5 N–H and O–H groups in total. The highest BCUT2D eigenvalue weighted by Crippen LogP contribution is 2.38. The smallest absolute Gasteiger partial charge is 0.320 e. The largest absolute Gasteiger partial charge is 0.508 e. The molecule has 0 amide bonds. The fraction of sp³-hybridized carbons (Fsp3) is 0.462. The predicted octanol–water partition coefficient (Wildman–Crippen LogP) is 1.64. The van der Waals surface area contributed by atoms with Crippen molar-refractivity contribution in [1.82, 2.24) is 0 Å². The van der Waals surface area contributed by atoms with Crippen LogP contribution in [0, 0.1) is 5.92 Å². The van der Waals surface area contributed by atoms with E-state index < -0.39 is 12.0 Å². The average Bonchev–Trinajstić information content (AvgIpc) is 2.28. The molecular weight excluding hydrogens is 234 g/mol. The first-order valence-electron chi connectivity index (χ1n) is 5.83. The van der Waals surface area contributed by atoms with Crippen molar-refractivity contribution in [2.24, 2.45) is 11.7 Å². The van der Waals surface area contributed by atoms with Crippen LogP contribution in [0.25, 0.3) is 0 Å². The highest BCUT2D eigenvalue weighted by atomic mass is 16.4. The van der Waals surface area contributed by atoms with Gasteiger partial charge in [-0.15, -0.1) is 0 Å². The molecule has 1 aromatic carbocycles. The van der Waals surface area contributed by atoms with Crippen LogP contribution in [0.15, 0.2) is 18.2 Å². The van der Waals surface area contributed by atoms with Crippen molar-refractivity contribution in [2.45, 2.75) is 32.2 Å². The summed E-state index contributed by atoms with van der Waals surface area (Å²) in [5.41, 5.74) is 5.92. The summed E-state index contributed by atoms with van der Waals surface area (Å²) >= 11 is 0. The van der Waals surface area contributed by atoms with Gasteiger partial charge in [-0.25, -0.2) is 0 Å². The van der Waals surface area contributed by atoms with Crippen molar-refractivity contribution in [3.8, 4) is 11.5 Å². The molecule has 0 saturated carbocycles. The number of phenolic OH excluding ortho intramolecular Hbond substituents is 2. The van der Waals surface area contributed by atoms with E-state index in [1.807, 2.05) is 13.8 Å². The number of aromatic hydroxyl groups is 2. The third-order valence-electron chi connectivity index (χ3n) is 3.31. The zero-order valence-electron chi connectivity index (χ0n) is 10.5. The Labute approximate surface area is 106 Å². The van der Waals surface area contributed by atoms with Crippen LogP contribution in [0.1, 0.15) is 31.7 Å². The van der Waals surface area contributed by atoms with Gasteiger partial charge in [-0.05, 0) is 30.4 Å². The van der Waals surface area contributed by atoms with E-state index >= 15 is 0 Å². The molecule has 18 heavy (non-hydrogen) atoms. The summed E-state index contributed by atoms with van der Waals surface area (Å²) in [7, 11) is 0. The highest BCUT2D eigenvalue weighted by Gasteiger charge is 2.24. The standard InChI is InChI=1S/C13H19NO4/c1-7(6-9(14)13(17)18)8(2)12-10(15)4-3-5-11(12)16/h3-5,7-9,15-16H,6,14H2,1-2H3,(H,17,18). The number of hydrogen-bond donors (Lipinski definition) is 4. The van der Waals surface area contributed by atoms with Crippen molar-refractivity contribution >= 4 is 5.97 Å². The van der Waals surface area contributed by atoms with Gasteiger partial charge >= 0.3 is 5.97 Å². The second-order valence-corrected chi connectivity index (χ2v) is 4.66. The molecule has 3 atom stereocenters. The van der Waals surface area contributed by atoms with Crippen LogP contribution in [0.4, 0.5) is 0 Å². The molecule has 0 radical (unpaired) electrons. The average molecular weight is 253 g/mol. The number of rotatable bonds is 5. The number of phenols is 2. The molecule has 0 fully saturated rings. The van der Waals surface area contributed by atoms with Crippen molar-refractivity contribution in [3.63, 3.8) is 0 Å². The predicted molar refractivity (Wildman–Crippen MR) is 67.6 cm³/mol. The first-order valence-corrected chi connectivity index (χ1v) is 5.83. The van der Waals surface area contributed by atoms with Crippen LogP contribution in [-0.2, 0) is 4.79 Å². The number of carboxylic acids is 1. The van der Waals surface area contributed by atoms with Crippen LogP contribution in [0.3, 0.4) is 0 Å². The quantitative estimate of drug-likeness (QED) is 0.638. The maximum absolute atomic E-state index is 10.7. The number of carbonyl (C=O) groups is 1. The first kappa shape index (κ1) is 14.3. The minimum atomic E-state index is -1.05. The lowest BCUT2D eigenvalue weighted by Crippen LogP contribution is -2.32. The molecule has 0 saturated heterocycles. The molecule has 0 aliphatic carbocycles. The molecular formula is C13H19NO4. The number of carboxylic acid groups (broad SMARTS) is 1. The Balaban J connectivity index is 2.86. The molecule has 0 aromatic heterocycles. The van der Waals surface area contributed by atoms with Crippen LogP contribution in [0.2, 0.25) is 0 Å². The van der Waals surface area contributed by atoms with E-state index in [0.717, 1.165) is 0 Å². The van der Waals surface area contributed by atoms with E-state index in [-0.39, 0.29) is 29.8 Å². The van der Waals surface area contributed by atoms with Gasteiger partial charge in [-0.2, -0.15) is 0 Å². The van der Waals surface area contributed by atoms with E-state index in [2.05, 4.69) is 0 Å². The lowest BCUT2D eigenvalue weighted by Gasteiger charge is -2.23. The van der Waals surface area contributed by atoms with Gasteiger partial charge in [0.1, 0.15) is 17.5 Å². The molecule has 0 aliphatic heterocycles. The summed E-state index contributed by atoms with van der Waals surface area (Å²) < 4.78 is 0. The van der Waals surface area contributed by atoms with Crippen molar-refractivity contribution in [3.05, 3.63) is 23.8 Å². The fourth-order valence-electron chi connectivity index (χ4n) is 2.00. The van der Waals surface area contributed by atoms with Crippen LogP contribution < -0.4 is 5.73 Å². The topological polar surface area (TPSA) is 104 Å². The molecule has 3 unspecified atom stereocenters. The second kappa shape index (κ2) is 5.73. The van der Waals surface area contributed by atoms with E-state index in [4.69, 9.17) is 10.8 Å². The van der Waals surface area contributed by atoms with Gasteiger partial charge in [-0.3, -0.25) is 4.79 Å². The summed E-state index contributed by atoms with van der Waals surface area (Å²) in [6, 6.07) is 3.61. The summed E-state index contributed by atoms with van der Waals surface area (Å²) in [6.45, 7) is 3.67. The number of hydrogen-bond acceptors (Lipinski definition) is 4. The fourth-order valence-corrected chi connectivity index (χ4v) is 2.00. The Bertz CT molecular complexity index is 413. The molecule has 0 spiro atoms. The van der Waals surface area contributed by atoms with E-state index in [1.54, 1.807) is 6.07 Å². The van der Waals surface area contributed by atoms with Gasteiger partial charge in [0.05, 0.1) is 0 Å². The van der Waals surface area contributed by atoms with E-state index in [1.165, 1.54) is 12.1 Å². The molecule has 5 nitrogen and oxygen atoms in total. The minimum Gasteiger partial charge on any atom is -0.508 e. The first-order chi connectivity index (χ1) is 8.34. The number of aliphatic carboxylic acids is 1. The van der Waals surface area contributed by atoms with Gasteiger partial charge < -0.3 is 21.1 Å². The maximum atomic E-state index is 10.7. The van der Waals surface area contributed by atoms with Crippen molar-refractivity contribution in [2.75, 3.05) is 0 Å². The van der Waals surface area contributed by atoms with Gasteiger partial charge in [0.2, 0.25) is 0 Å². The normalized spacial score (nSPS) is 15.9. The Kier molecular flexibility index (Phi) is 4.55. The zero-order chi connectivity index (χ0) is 13.9. The Morgan fingerprint density at radius 2 is 1.78 bits per heavy atom. The second-order valence-electron chi connectivity index (χ2n) is 4.66. The Morgan fingerprint density at radius 3 is 2.22 bits per heavy atom. The monoisotopic (exact) mass is 253 g/mol. The summed E-state index contributed by atoms with van der Waals surface area (Å²) in [5.74, 6) is -1.28. The Hall–Kier alpha value is -1.75. The molecule has 1 rings (SSSR count).